The number of aliphatic imine (C=N–C) groups is 1. The molecule has 2 aliphatic rings. The summed E-state index contributed by atoms with van der Waals surface area (Å²) in [6.07, 6.45) is -0.669. The number of amides is 7. The topological polar surface area (TPSA) is 400 Å². The van der Waals surface area contributed by atoms with Crippen LogP contribution in [0.3, 0.4) is 0 Å². The highest BCUT2D eigenvalue weighted by molar-refractivity contribution is 8.76. The lowest BCUT2D eigenvalue weighted by atomic mass is 10.1. The van der Waals surface area contributed by atoms with E-state index < -0.39 is 115 Å². The van der Waals surface area contributed by atoms with Gasteiger partial charge in [-0.25, -0.2) is 4.79 Å². The van der Waals surface area contributed by atoms with Crippen molar-refractivity contribution in [1.29, 1.82) is 0 Å². The van der Waals surface area contributed by atoms with Crippen LogP contribution in [0.15, 0.2) is 29.3 Å². The van der Waals surface area contributed by atoms with Gasteiger partial charge in [-0.2, -0.15) is 0 Å². The van der Waals surface area contributed by atoms with Crippen LogP contribution < -0.4 is 49.1 Å². The summed E-state index contributed by atoms with van der Waals surface area (Å²) in [5, 5.41) is 53.3. The highest BCUT2D eigenvalue weighted by Gasteiger charge is 2.40. The Balaban J connectivity index is 1.93. The number of fused-ring (bicyclic) bond motifs is 1. The summed E-state index contributed by atoms with van der Waals surface area (Å²) < 4.78 is 0. The van der Waals surface area contributed by atoms with E-state index in [2.05, 4.69) is 36.9 Å². The molecule has 2 fully saturated rings. The molecule has 7 amide bonds. The van der Waals surface area contributed by atoms with E-state index in [1.54, 1.807) is 0 Å². The second-order valence-corrected chi connectivity index (χ2v) is 16.4. The van der Waals surface area contributed by atoms with E-state index in [1.807, 2.05) is 0 Å². The molecule has 2 heterocycles. The van der Waals surface area contributed by atoms with Crippen molar-refractivity contribution in [1.82, 2.24) is 36.8 Å². The Morgan fingerprint density at radius 1 is 0.885 bits per heavy atom. The number of phenolic OH excluding ortho intramolecular Hbond substituents is 1. The first kappa shape index (κ1) is 49.5. The second kappa shape index (κ2) is 24.4. The van der Waals surface area contributed by atoms with Gasteiger partial charge in [0.15, 0.2) is 5.96 Å². The summed E-state index contributed by atoms with van der Waals surface area (Å²) in [5.41, 5.74) is 17.3. The molecule has 7 atom stereocenters. The predicted molar refractivity (Wildman–Crippen MR) is 219 cm³/mol. The number of hydrogen-bond donors (Lipinski definition) is 13. The molecule has 3 rings (SSSR count). The highest BCUT2D eigenvalue weighted by Crippen LogP contribution is 2.24. The average Bonchev–Trinajstić information content (AvgIpc) is 3.70. The molecule has 0 bridgehead atoms. The summed E-state index contributed by atoms with van der Waals surface area (Å²) >= 11 is 0. The SMILES string of the molecule is NC(N)=NCCC[C@@H]1NC(=O)[C@H](N)CSSC[C@H](C(=O)N[C@@H](Cc2ccc(O)cc2)C(=O)O)NC(=O)[C@@H]2CCCN2C(=O)[C@H](CO)NC(=O)[C@H](CC(=O)O)NC(=O)CNC1=O. The zero-order chi connectivity index (χ0) is 45.2. The average molecular weight is 898 g/mol. The van der Waals surface area contributed by atoms with E-state index >= 15 is 0 Å². The van der Waals surface area contributed by atoms with Crippen LogP contribution in [-0.4, -0.2) is 165 Å². The van der Waals surface area contributed by atoms with Gasteiger partial charge in [-0.3, -0.25) is 43.3 Å². The lowest BCUT2D eigenvalue weighted by molar-refractivity contribution is -0.144. The first-order chi connectivity index (χ1) is 28.9. The Hall–Kier alpha value is -5.86. The number of nitrogens with zero attached hydrogens (tertiary/aromatic N) is 2. The zero-order valence-electron chi connectivity index (χ0n) is 32.7. The minimum absolute atomic E-state index is 0.0251. The number of benzene rings is 1. The molecule has 1 aromatic rings. The Morgan fingerprint density at radius 2 is 1.56 bits per heavy atom. The maximum Gasteiger partial charge on any atom is 0.326 e. The molecule has 336 valence electrons. The predicted octanol–water partition coefficient (Wildman–Crippen LogP) is -5.21. The van der Waals surface area contributed by atoms with Gasteiger partial charge < -0.3 is 74.4 Å². The molecular formula is C35H51N11O13S2. The number of carboxylic acid groups (broad SMARTS) is 2. The molecule has 61 heavy (non-hydrogen) atoms. The number of rotatable bonds is 12. The van der Waals surface area contributed by atoms with Gasteiger partial charge in [-0.1, -0.05) is 33.7 Å². The molecule has 16 N–H and O–H groups in total. The zero-order valence-corrected chi connectivity index (χ0v) is 34.4. The molecule has 0 saturated carbocycles. The molecule has 0 radical (unpaired) electrons. The minimum Gasteiger partial charge on any atom is -0.508 e. The Bertz CT molecular complexity index is 1800. The van der Waals surface area contributed by atoms with Gasteiger partial charge in [0, 0.05) is 31.0 Å². The summed E-state index contributed by atoms with van der Waals surface area (Å²) in [6, 6.07) is -4.59. The minimum atomic E-state index is -1.81. The van der Waals surface area contributed by atoms with E-state index in [0.717, 1.165) is 26.5 Å². The largest absolute Gasteiger partial charge is 0.508 e. The normalized spacial score (nSPS) is 24.4. The van der Waals surface area contributed by atoms with E-state index in [-0.39, 0.29) is 68.4 Å². The summed E-state index contributed by atoms with van der Waals surface area (Å²) in [4.78, 5) is 122. The third-order valence-electron chi connectivity index (χ3n) is 9.19. The quantitative estimate of drug-likeness (QED) is 0.0403. The molecule has 2 saturated heterocycles. The van der Waals surface area contributed by atoms with E-state index in [1.165, 1.54) is 24.3 Å². The molecule has 0 unspecified atom stereocenters. The number of phenols is 1. The Morgan fingerprint density at radius 3 is 2.20 bits per heavy atom. The number of nitrogens with two attached hydrogens (primary N) is 3. The number of aliphatic hydroxyl groups is 1. The van der Waals surface area contributed by atoms with Gasteiger partial charge in [0.1, 0.15) is 42.0 Å². The van der Waals surface area contributed by atoms with Gasteiger partial charge in [0.05, 0.1) is 25.6 Å². The van der Waals surface area contributed by atoms with Crippen molar-refractivity contribution < 1.29 is 63.6 Å². The summed E-state index contributed by atoms with van der Waals surface area (Å²) in [7, 11) is 2.01. The third kappa shape index (κ3) is 16.3. The van der Waals surface area contributed by atoms with Crippen molar-refractivity contribution in [3.63, 3.8) is 0 Å². The molecule has 24 nitrogen and oxygen atoms in total. The van der Waals surface area contributed by atoms with Crippen LogP contribution in [0.4, 0.5) is 0 Å². The van der Waals surface area contributed by atoms with Crippen LogP contribution in [0, 0.1) is 0 Å². The van der Waals surface area contributed by atoms with Crippen molar-refractivity contribution in [2.24, 2.45) is 22.2 Å². The number of nitrogens with one attached hydrogen (secondary N) is 6. The molecule has 2 aliphatic heterocycles. The fourth-order valence-corrected chi connectivity index (χ4v) is 8.32. The number of hydrogen-bond acceptors (Lipinski definition) is 15. The van der Waals surface area contributed by atoms with Gasteiger partial charge in [-0.05, 0) is 43.4 Å². The maximum absolute atomic E-state index is 13.8. The van der Waals surface area contributed by atoms with E-state index in [9.17, 15) is 63.6 Å². The highest BCUT2D eigenvalue weighted by atomic mass is 33.1. The van der Waals surface area contributed by atoms with Crippen LogP contribution in [0.25, 0.3) is 0 Å². The van der Waals surface area contributed by atoms with Crippen molar-refractivity contribution >= 4 is 80.8 Å². The molecule has 0 spiro atoms. The monoisotopic (exact) mass is 897 g/mol. The summed E-state index contributed by atoms with van der Waals surface area (Å²) in [5.74, 6) is -10.1. The van der Waals surface area contributed by atoms with Crippen LogP contribution >= 0.6 is 21.6 Å². The van der Waals surface area contributed by atoms with Crippen LogP contribution in [-0.2, 0) is 49.6 Å². The number of carbonyl (C=O) groups excluding carboxylic acids is 7. The second-order valence-electron chi connectivity index (χ2n) is 13.9. The van der Waals surface area contributed by atoms with Crippen LogP contribution in [0.5, 0.6) is 5.75 Å². The Labute approximate surface area is 356 Å². The number of aromatic hydroxyl groups is 1. The van der Waals surface area contributed by atoms with Crippen molar-refractivity contribution in [3.05, 3.63) is 29.8 Å². The van der Waals surface area contributed by atoms with E-state index in [4.69, 9.17) is 17.2 Å². The van der Waals surface area contributed by atoms with Crippen molar-refractivity contribution in [2.45, 2.75) is 80.8 Å². The molecular weight excluding hydrogens is 847 g/mol. The number of carbonyl (C=O) groups is 9. The van der Waals surface area contributed by atoms with Gasteiger partial charge >= 0.3 is 11.9 Å². The van der Waals surface area contributed by atoms with Gasteiger partial charge in [0.2, 0.25) is 41.4 Å². The standard InChI is InChI=1S/C35H51N11O13S2/c36-19-15-60-61-16-24(31(55)43-22(34(58)59)11-17-5-7-18(48)8-6-17)45-32(56)25-4-2-10-46(25)33(57)23(14-47)44-30(54)21(12-27(50)51)41-26(49)13-40-29(53)20(42-28(19)52)3-1-9-39-35(37)38/h5-8,19-25,47-48H,1-4,9-16,36H2,(H,40,53)(H,41,49)(H,42,52)(H,43,55)(H,44,54)(H,45,56)(H,50,51)(H,58,59)(H4,37,38,39)/t19-,20+,21+,22+,23+,24-,25+/m1/s1. The third-order valence-corrected chi connectivity index (χ3v) is 11.6. The molecule has 26 heteroatoms. The Kier molecular flexibility index (Phi) is 19.8. The van der Waals surface area contributed by atoms with Crippen molar-refractivity contribution in [3.8, 4) is 5.75 Å². The molecule has 0 aromatic heterocycles. The smallest absolute Gasteiger partial charge is 0.326 e. The fourth-order valence-electron chi connectivity index (χ4n) is 6.04. The number of aliphatic carboxylic acids is 2. The fraction of sp³-hybridized carbons (Fsp3) is 0.543. The van der Waals surface area contributed by atoms with Gasteiger partial charge in [0.25, 0.3) is 0 Å². The molecule has 0 aliphatic carbocycles. The number of carboxylic acids is 2. The summed E-state index contributed by atoms with van der Waals surface area (Å²) in [6.45, 7) is -1.75. The molecule has 1 aromatic carbocycles. The lowest BCUT2D eigenvalue weighted by Crippen LogP contribution is -2.60. The lowest BCUT2D eigenvalue weighted by Gasteiger charge is -2.30. The maximum atomic E-state index is 13.8. The van der Waals surface area contributed by atoms with E-state index in [0.29, 0.717) is 5.56 Å². The number of aliphatic hydroxyl groups excluding tert-OH is 1. The van der Waals surface area contributed by atoms with Crippen molar-refractivity contribution in [2.75, 3.05) is 37.7 Å². The van der Waals surface area contributed by atoms with Crippen LogP contribution in [0.2, 0.25) is 0 Å². The van der Waals surface area contributed by atoms with Crippen LogP contribution in [0.1, 0.15) is 37.7 Å². The first-order valence-electron chi connectivity index (χ1n) is 18.9. The number of guanidine groups is 1. The van der Waals surface area contributed by atoms with Gasteiger partial charge in [-0.15, -0.1) is 0 Å². The first-order valence-corrected chi connectivity index (χ1v) is 21.4.